The number of benzene rings is 3. The third kappa shape index (κ3) is 3.67. The Morgan fingerprint density at radius 1 is 1.00 bits per heavy atom. The van der Waals surface area contributed by atoms with Gasteiger partial charge >= 0.3 is 5.69 Å². The van der Waals surface area contributed by atoms with Crippen LogP contribution in [-0.2, 0) is 17.6 Å². The third-order valence-electron chi connectivity index (χ3n) is 4.85. The average molecular weight is 392 g/mol. The molecule has 29 heavy (non-hydrogen) atoms. The molecule has 1 aliphatic rings. The summed E-state index contributed by atoms with van der Waals surface area (Å²) in [4.78, 5) is 25.2. The summed E-state index contributed by atoms with van der Waals surface area (Å²) in [5, 5.41) is 11.2. The van der Waals surface area contributed by atoms with E-state index in [1.54, 1.807) is 4.90 Å². The molecular formula is C22H17FN2O4. The molecule has 1 aliphatic heterocycles. The number of anilines is 2. The summed E-state index contributed by atoms with van der Waals surface area (Å²) in [6.45, 7) is -0.465. The molecule has 7 heteroatoms. The van der Waals surface area contributed by atoms with Gasteiger partial charge < -0.3 is 4.74 Å². The monoisotopic (exact) mass is 392 g/mol. The van der Waals surface area contributed by atoms with Crippen molar-refractivity contribution >= 4 is 23.0 Å². The molecule has 1 heterocycles. The second-order valence-electron chi connectivity index (χ2n) is 6.64. The number of carbonyl (C=O) groups excluding carboxylic acids is 1. The molecule has 0 saturated carbocycles. The highest BCUT2D eigenvalue weighted by Crippen LogP contribution is 2.36. The molecule has 0 aliphatic carbocycles. The van der Waals surface area contributed by atoms with Gasteiger partial charge in [-0.2, -0.15) is 0 Å². The van der Waals surface area contributed by atoms with Gasteiger partial charge in [0.25, 0.3) is 5.91 Å². The Bertz CT molecular complexity index is 1050. The fourth-order valence-electron chi connectivity index (χ4n) is 3.51. The van der Waals surface area contributed by atoms with E-state index in [0.29, 0.717) is 0 Å². The number of halogens is 1. The van der Waals surface area contributed by atoms with E-state index in [0.717, 1.165) is 53.5 Å². The summed E-state index contributed by atoms with van der Waals surface area (Å²) in [5.41, 5.74) is 3.15. The quantitative estimate of drug-likeness (QED) is 0.481. The van der Waals surface area contributed by atoms with Crippen LogP contribution in [0, 0.1) is 15.9 Å². The van der Waals surface area contributed by atoms with Crippen LogP contribution in [0.4, 0.5) is 21.5 Å². The third-order valence-corrected chi connectivity index (χ3v) is 4.85. The first-order chi connectivity index (χ1) is 14.0. The van der Waals surface area contributed by atoms with Crippen molar-refractivity contribution in [1.29, 1.82) is 0 Å². The van der Waals surface area contributed by atoms with Crippen LogP contribution >= 0.6 is 0 Å². The Morgan fingerprint density at radius 3 is 2.17 bits per heavy atom. The standard InChI is InChI=1S/C22H17FN2O4/c23-17-11-12-20(25(27)28)21(13-17)29-14-22(26)24-18-7-3-1-5-15(18)9-10-16-6-2-4-8-19(16)24/h1-8,11-13H,9-10,14H2. The molecule has 6 nitrogen and oxygen atoms in total. The number of nitrogens with zero attached hydrogens (tertiary/aromatic N) is 2. The average Bonchev–Trinajstić information content (AvgIpc) is 2.89. The Balaban J connectivity index is 1.68. The van der Waals surface area contributed by atoms with E-state index in [-0.39, 0.29) is 5.75 Å². The SMILES string of the molecule is O=C(COc1cc(F)ccc1[N+](=O)[O-])N1c2ccccc2CCc2ccccc21. The number of nitro groups is 1. The van der Waals surface area contributed by atoms with Crippen molar-refractivity contribution in [2.75, 3.05) is 11.5 Å². The van der Waals surface area contributed by atoms with Gasteiger partial charge in [-0.25, -0.2) is 4.39 Å². The van der Waals surface area contributed by atoms with Gasteiger partial charge in [0, 0.05) is 12.1 Å². The van der Waals surface area contributed by atoms with Gasteiger partial charge in [0.15, 0.2) is 6.61 Å². The molecule has 0 aromatic heterocycles. The van der Waals surface area contributed by atoms with E-state index in [2.05, 4.69) is 0 Å². The molecule has 4 rings (SSSR count). The molecule has 0 saturated heterocycles. The molecule has 1 amide bonds. The summed E-state index contributed by atoms with van der Waals surface area (Å²) in [6, 6.07) is 18.1. The molecular weight excluding hydrogens is 375 g/mol. The molecule has 0 fully saturated rings. The minimum Gasteiger partial charge on any atom is -0.477 e. The molecule has 0 radical (unpaired) electrons. The number of rotatable bonds is 4. The Morgan fingerprint density at radius 2 is 1.59 bits per heavy atom. The van der Waals surface area contributed by atoms with Gasteiger partial charge in [-0.05, 0) is 42.2 Å². The van der Waals surface area contributed by atoms with Gasteiger partial charge in [-0.15, -0.1) is 0 Å². The number of fused-ring (bicyclic) bond motifs is 2. The van der Waals surface area contributed by atoms with Crippen molar-refractivity contribution in [3.8, 4) is 5.75 Å². The maximum atomic E-state index is 13.5. The Hall–Kier alpha value is -3.74. The zero-order valence-corrected chi connectivity index (χ0v) is 15.4. The summed E-state index contributed by atoms with van der Waals surface area (Å²) in [5.74, 6) is -1.35. The molecule has 0 bridgehead atoms. The summed E-state index contributed by atoms with van der Waals surface area (Å²) < 4.78 is 18.9. The van der Waals surface area contributed by atoms with Crippen LogP contribution in [0.15, 0.2) is 66.7 Å². The van der Waals surface area contributed by atoms with Gasteiger partial charge in [0.1, 0.15) is 5.82 Å². The lowest BCUT2D eigenvalue weighted by Crippen LogP contribution is -2.31. The smallest absolute Gasteiger partial charge is 0.311 e. The highest BCUT2D eigenvalue weighted by Gasteiger charge is 2.26. The normalized spacial score (nSPS) is 12.5. The van der Waals surface area contributed by atoms with Crippen molar-refractivity contribution < 1.29 is 18.8 Å². The predicted molar refractivity (Wildman–Crippen MR) is 106 cm³/mol. The topological polar surface area (TPSA) is 72.7 Å². The van der Waals surface area contributed by atoms with Crippen LogP contribution < -0.4 is 9.64 Å². The van der Waals surface area contributed by atoms with E-state index in [1.165, 1.54) is 0 Å². The van der Waals surface area contributed by atoms with Crippen molar-refractivity contribution in [3.63, 3.8) is 0 Å². The lowest BCUT2D eigenvalue weighted by Gasteiger charge is -2.25. The molecule has 0 atom stereocenters. The minimum absolute atomic E-state index is 0.278. The van der Waals surface area contributed by atoms with Gasteiger partial charge in [0.2, 0.25) is 5.75 Å². The second-order valence-corrected chi connectivity index (χ2v) is 6.64. The van der Waals surface area contributed by atoms with Crippen LogP contribution in [0.25, 0.3) is 0 Å². The van der Waals surface area contributed by atoms with E-state index in [9.17, 15) is 19.3 Å². The number of amides is 1. The summed E-state index contributed by atoms with van der Waals surface area (Å²) in [7, 11) is 0. The minimum atomic E-state index is -0.677. The molecule has 3 aromatic carbocycles. The lowest BCUT2D eigenvalue weighted by molar-refractivity contribution is -0.385. The van der Waals surface area contributed by atoms with E-state index in [4.69, 9.17) is 4.74 Å². The predicted octanol–water partition coefficient (Wildman–Crippen LogP) is 4.58. The molecule has 0 spiro atoms. The lowest BCUT2D eigenvalue weighted by atomic mass is 10.0. The first kappa shape index (κ1) is 18.6. The van der Waals surface area contributed by atoms with Gasteiger partial charge in [-0.3, -0.25) is 19.8 Å². The maximum Gasteiger partial charge on any atom is 0.311 e. The van der Waals surface area contributed by atoms with E-state index in [1.807, 2.05) is 48.5 Å². The Labute approximate surface area is 166 Å². The van der Waals surface area contributed by atoms with Crippen LogP contribution in [0.3, 0.4) is 0 Å². The van der Waals surface area contributed by atoms with E-state index < -0.39 is 28.9 Å². The first-order valence-corrected chi connectivity index (χ1v) is 9.10. The highest BCUT2D eigenvalue weighted by atomic mass is 19.1. The van der Waals surface area contributed by atoms with Gasteiger partial charge in [-0.1, -0.05) is 36.4 Å². The van der Waals surface area contributed by atoms with Crippen molar-refractivity contribution in [3.05, 3.63) is 93.8 Å². The van der Waals surface area contributed by atoms with Gasteiger partial charge in [0.05, 0.1) is 16.3 Å². The van der Waals surface area contributed by atoms with Crippen molar-refractivity contribution in [1.82, 2.24) is 0 Å². The maximum absolute atomic E-state index is 13.5. The zero-order valence-electron chi connectivity index (χ0n) is 15.4. The summed E-state index contributed by atoms with van der Waals surface area (Å²) in [6.07, 6.45) is 1.57. The number of nitro benzene ring substituents is 1. The van der Waals surface area contributed by atoms with Crippen LogP contribution in [0.5, 0.6) is 5.75 Å². The van der Waals surface area contributed by atoms with E-state index >= 15 is 0 Å². The number of para-hydroxylation sites is 2. The van der Waals surface area contributed by atoms with Crippen molar-refractivity contribution in [2.24, 2.45) is 0 Å². The molecule has 0 N–H and O–H groups in total. The van der Waals surface area contributed by atoms with Crippen LogP contribution in [-0.4, -0.2) is 17.4 Å². The number of ether oxygens (including phenoxy) is 1. The first-order valence-electron chi connectivity index (χ1n) is 9.10. The molecule has 0 unspecified atom stereocenters. The number of hydrogen-bond acceptors (Lipinski definition) is 4. The molecule has 146 valence electrons. The largest absolute Gasteiger partial charge is 0.477 e. The second kappa shape index (κ2) is 7.71. The number of hydrogen-bond donors (Lipinski definition) is 0. The fourth-order valence-corrected chi connectivity index (χ4v) is 3.51. The van der Waals surface area contributed by atoms with Crippen LogP contribution in [0.1, 0.15) is 11.1 Å². The fraction of sp³-hybridized carbons (Fsp3) is 0.136. The van der Waals surface area contributed by atoms with Crippen molar-refractivity contribution in [2.45, 2.75) is 12.8 Å². The number of carbonyl (C=O) groups is 1. The zero-order chi connectivity index (χ0) is 20.4. The molecule has 3 aromatic rings. The van der Waals surface area contributed by atoms with Crippen LogP contribution in [0.2, 0.25) is 0 Å². The highest BCUT2D eigenvalue weighted by molar-refractivity contribution is 6.03. The number of aryl methyl sites for hydroxylation is 2. The summed E-state index contributed by atoms with van der Waals surface area (Å²) >= 11 is 0. The Kier molecular flexibility index (Phi) is 4.95.